The van der Waals surface area contributed by atoms with Crippen LogP contribution < -0.4 is 9.64 Å². The Bertz CT molecular complexity index is 611. The number of ether oxygens (including phenoxy) is 2. The van der Waals surface area contributed by atoms with Crippen LogP contribution in [-0.4, -0.2) is 55.7 Å². The summed E-state index contributed by atoms with van der Waals surface area (Å²) in [6.45, 7) is 6.17. The van der Waals surface area contributed by atoms with Crippen molar-refractivity contribution in [2.75, 3.05) is 37.7 Å². The van der Waals surface area contributed by atoms with Crippen LogP contribution in [-0.2, 0) is 14.3 Å². The predicted octanol–water partition coefficient (Wildman–Crippen LogP) is 1.36. The number of morpholine rings is 1. The minimum atomic E-state index is -0.525. The summed E-state index contributed by atoms with van der Waals surface area (Å²) < 4.78 is 11.0. The molecular weight excluding hydrogens is 296 g/mol. The third-order valence-corrected chi connectivity index (χ3v) is 4.24. The SMILES string of the molecule is CC[C@H]1Oc2ccc(C)cc2N(CC(=O)N2CCOCC2)C1=O. The molecule has 0 aliphatic carbocycles. The van der Waals surface area contributed by atoms with Gasteiger partial charge in [-0.2, -0.15) is 0 Å². The van der Waals surface area contributed by atoms with E-state index >= 15 is 0 Å². The van der Waals surface area contributed by atoms with Crippen LogP contribution in [0.4, 0.5) is 5.69 Å². The standard InChI is InChI=1S/C17H22N2O4/c1-3-14-17(21)19(11-16(20)18-6-8-22-9-7-18)13-10-12(2)4-5-15(13)23-14/h4-5,10,14H,3,6-9,11H2,1-2H3/t14-/m1/s1. The Morgan fingerprint density at radius 2 is 2.04 bits per heavy atom. The van der Waals surface area contributed by atoms with Crippen molar-refractivity contribution in [3.05, 3.63) is 23.8 Å². The maximum absolute atomic E-state index is 12.7. The minimum Gasteiger partial charge on any atom is -0.478 e. The van der Waals surface area contributed by atoms with Crippen molar-refractivity contribution < 1.29 is 19.1 Å². The highest BCUT2D eigenvalue weighted by Gasteiger charge is 2.35. The van der Waals surface area contributed by atoms with Crippen molar-refractivity contribution in [2.45, 2.75) is 26.4 Å². The number of rotatable bonds is 3. The first kappa shape index (κ1) is 15.8. The molecule has 2 aliphatic heterocycles. The molecule has 0 bridgehead atoms. The quantitative estimate of drug-likeness (QED) is 0.844. The summed E-state index contributed by atoms with van der Waals surface area (Å²) in [4.78, 5) is 28.5. The van der Waals surface area contributed by atoms with Crippen molar-refractivity contribution in [1.82, 2.24) is 4.90 Å². The molecule has 3 rings (SSSR count). The van der Waals surface area contributed by atoms with Gasteiger partial charge in [-0.05, 0) is 31.0 Å². The zero-order chi connectivity index (χ0) is 16.4. The van der Waals surface area contributed by atoms with E-state index in [1.165, 1.54) is 0 Å². The van der Waals surface area contributed by atoms with E-state index in [4.69, 9.17) is 9.47 Å². The Hall–Kier alpha value is -2.08. The smallest absolute Gasteiger partial charge is 0.268 e. The summed E-state index contributed by atoms with van der Waals surface area (Å²) in [7, 11) is 0. The third kappa shape index (κ3) is 3.17. The van der Waals surface area contributed by atoms with E-state index in [1.807, 2.05) is 32.0 Å². The number of nitrogens with zero attached hydrogens (tertiary/aromatic N) is 2. The molecule has 1 fully saturated rings. The molecule has 6 heteroatoms. The third-order valence-electron chi connectivity index (χ3n) is 4.24. The number of aryl methyl sites for hydroxylation is 1. The number of hydrogen-bond acceptors (Lipinski definition) is 4. The van der Waals surface area contributed by atoms with E-state index in [0.717, 1.165) is 5.56 Å². The van der Waals surface area contributed by atoms with Gasteiger partial charge in [-0.3, -0.25) is 14.5 Å². The number of fused-ring (bicyclic) bond motifs is 1. The molecule has 0 spiro atoms. The van der Waals surface area contributed by atoms with Crippen LogP contribution in [0.25, 0.3) is 0 Å². The molecule has 0 saturated carbocycles. The molecule has 1 aromatic carbocycles. The molecule has 1 atom stereocenters. The van der Waals surface area contributed by atoms with Gasteiger partial charge in [-0.25, -0.2) is 0 Å². The first-order valence-electron chi connectivity index (χ1n) is 8.04. The van der Waals surface area contributed by atoms with Gasteiger partial charge in [0.05, 0.1) is 18.9 Å². The lowest BCUT2D eigenvalue weighted by molar-refractivity contribution is -0.136. The maximum Gasteiger partial charge on any atom is 0.268 e. The van der Waals surface area contributed by atoms with Gasteiger partial charge in [0.1, 0.15) is 12.3 Å². The summed E-state index contributed by atoms with van der Waals surface area (Å²) in [5.74, 6) is 0.467. The van der Waals surface area contributed by atoms with Crippen molar-refractivity contribution in [3.63, 3.8) is 0 Å². The van der Waals surface area contributed by atoms with E-state index in [2.05, 4.69) is 0 Å². The zero-order valence-corrected chi connectivity index (χ0v) is 13.6. The van der Waals surface area contributed by atoms with Crippen molar-refractivity contribution in [1.29, 1.82) is 0 Å². The Labute approximate surface area is 136 Å². The number of carbonyl (C=O) groups excluding carboxylic acids is 2. The average molecular weight is 318 g/mol. The lowest BCUT2D eigenvalue weighted by Gasteiger charge is -2.35. The van der Waals surface area contributed by atoms with Crippen LogP contribution in [0.2, 0.25) is 0 Å². The van der Waals surface area contributed by atoms with Crippen LogP contribution in [0.3, 0.4) is 0 Å². The van der Waals surface area contributed by atoms with E-state index < -0.39 is 6.10 Å². The number of hydrogen-bond donors (Lipinski definition) is 0. The molecule has 2 amide bonds. The first-order chi connectivity index (χ1) is 11.1. The Balaban J connectivity index is 1.85. The second kappa shape index (κ2) is 6.58. The van der Waals surface area contributed by atoms with Gasteiger partial charge in [-0.15, -0.1) is 0 Å². The van der Waals surface area contributed by atoms with Crippen LogP contribution in [0.1, 0.15) is 18.9 Å². The molecule has 1 saturated heterocycles. The second-order valence-electron chi connectivity index (χ2n) is 5.90. The second-order valence-corrected chi connectivity index (χ2v) is 5.90. The highest BCUT2D eigenvalue weighted by molar-refractivity contribution is 6.03. The first-order valence-corrected chi connectivity index (χ1v) is 8.04. The summed E-state index contributed by atoms with van der Waals surface area (Å²) in [6.07, 6.45) is 0.0525. The minimum absolute atomic E-state index is 0.0501. The van der Waals surface area contributed by atoms with E-state index in [1.54, 1.807) is 9.80 Å². The Morgan fingerprint density at radius 1 is 1.30 bits per heavy atom. The van der Waals surface area contributed by atoms with Crippen LogP contribution >= 0.6 is 0 Å². The van der Waals surface area contributed by atoms with Gasteiger partial charge in [0.25, 0.3) is 5.91 Å². The lowest BCUT2D eigenvalue weighted by Crippen LogP contribution is -2.52. The lowest BCUT2D eigenvalue weighted by atomic mass is 10.1. The molecule has 1 aromatic rings. The number of benzene rings is 1. The Kier molecular flexibility index (Phi) is 4.52. The maximum atomic E-state index is 12.7. The van der Waals surface area contributed by atoms with E-state index in [9.17, 15) is 9.59 Å². The van der Waals surface area contributed by atoms with Crippen LogP contribution in [0, 0.1) is 6.92 Å². The van der Waals surface area contributed by atoms with Gasteiger partial charge in [0.15, 0.2) is 6.10 Å². The molecule has 23 heavy (non-hydrogen) atoms. The fourth-order valence-electron chi connectivity index (χ4n) is 2.90. The monoisotopic (exact) mass is 318 g/mol. The van der Waals surface area contributed by atoms with Crippen molar-refractivity contribution in [2.24, 2.45) is 0 Å². The van der Waals surface area contributed by atoms with E-state index in [0.29, 0.717) is 44.2 Å². The topological polar surface area (TPSA) is 59.1 Å². The summed E-state index contributed by atoms with van der Waals surface area (Å²) in [5.41, 5.74) is 1.71. The summed E-state index contributed by atoms with van der Waals surface area (Å²) >= 11 is 0. The molecular formula is C17H22N2O4. The fourth-order valence-corrected chi connectivity index (χ4v) is 2.90. The fraction of sp³-hybridized carbons (Fsp3) is 0.529. The van der Waals surface area contributed by atoms with Crippen LogP contribution in [0.5, 0.6) is 5.75 Å². The highest BCUT2D eigenvalue weighted by atomic mass is 16.5. The summed E-state index contributed by atoms with van der Waals surface area (Å²) in [6, 6.07) is 5.71. The molecule has 0 radical (unpaired) electrons. The number of amides is 2. The molecule has 6 nitrogen and oxygen atoms in total. The number of anilines is 1. The van der Waals surface area contributed by atoms with Gasteiger partial charge in [0, 0.05) is 13.1 Å². The normalized spacial score (nSPS) is 21.0. The van der Waals surface area contributed by atoms with Crippen molar-refractivity contribution in [3.8, 4) is 5.75 Å². The molecule has 0 N–H and O–H groups in total. The largest absolute Gasteiger partial charge is 0.478 e. The average Bonchev–Trinajstić information content (AvgIpc) is 2.58. The molecule has 124 valence electrons. The number of carbonyl (C=O) groups is 2. The predicted molar refractivity (Wildman–Crippen MR) is 85.6 cm³/mol. The Morgan fingerprint density at radius 3 is 2.74 bits per heavy atom. The van der Waals surface area contributed by atoms with Crippen molar-refractivity contribution >= 4 is 17.5 Å². The van der Waals surface area contributed by atoms with E-state index in [-0.39, 0.29) is 18.4 Å². The molecule has 2 aliphatic rings. The van der Waals surface area contributed by atoms with Gasteiger partial charge in [0.2, 0.25) is 5.91 Å². The molecule has 0 unspecified atom stereocenters. The molecule has 0 aromatic heterocycles. The molecule has 2 heterocycles. The van der Waals surface area contributed by atoms with Crippen LogP contribution in [0.15, 0.2) is 18.2 Å². The summed E-state index contributed by atoms with van der Waals surface area (Å²) in [5, 5.41) is 0. The highest BCUT2D eigenvalue weighted by Crippen LogP contribution is 2.35. The van der Waals surface area contributed by atoms with Gasteiger partial charge in [-0.1, -0.05) is 13.0 Å². The van der Waals surface area contributed by atoms with Gasteiger partial charge < -0.3 is 14.4 Å². The zero-order valence-electron chi connectivity index (χ0n) is 13.6. The van der Waals surface area contributed by atoms with Gasteiger partial charge >= 0.3 is 0 Å².